The second kappa shape index (κ2) is 8.13. The Bertz CT molecular complexity index is 870. The molecule has 1 atom stereocenters. The van der Waals surface area contributed by atoms with Gasteiger partial charge >= 0.3 is 0 Å². The monoisotopic (exact) mass is 348 g/mol. The van der Waals surface area contributed by atoms with Gasteiger partial charge in [-0.1, -0.05) is 48.5 Å². The van der Waals surface area contributed by atoms with Gasteiger partial charge in [-0.05, 0) is 29.1 Å². The van der Waals surface area contributed by atoms with E-state index in [1.807, 2.05) is 47.8 Å². The molecular weight excluding hydrogens is 332 g/mol. The van der Waals surface area contributed by atoms with E-state index in [9.17, 15) is 4.79 Å². The Labute approximate surface area is 150 Å². The molecule has 5 heteroatoms. The molecule has 0 saturated carbocycles. The topological polar surface area (TPSA) is 62.1 Å². The van der Waals surface area contributed by atoms with Crippen molar-refractivity contribution in [3.63, 3.8) is 0 Å². The number of amides is 1. The zero-order valence-electron chi connectivity index (χ0n) is 13.4. The van der Waals surface area contributed by atoms with Crippen LogP contribution in [0.3, 0.4) is 0 Å². The second-order valence-electron chi connectivity index (χ2n) is 5.32. The van der Waals surface area contributed by atoms with E-state index in [0.29, 0.717) is 11.3 Å². The molecule has 3 rings (SSSR count). The fourth-order valence-corrected chi connectivity index (χ4v) is 3.25. The average Bonchev–Trinajstić information content (AvgIpc) is 3.20. The van der Waals surface area contributed by atoms with Crippen LogP contribution in [0.4, 0.5) is 0 Å². The number of nitrogens with zero attached hydrogens (tertiary/aromatic N) is 1. The van der Waals surface area contributed by atoms with Gasteiger partial charge < -0.3 is 10.1 Å². The van der Waals surface area contributed by atoms with E-state index in [1.165, 1.54) is 0 Å². The third-order valence-corrected chi connectivity index (χ3v) is 4.57. The van der Waals surface area contributed by atoms with Crippen molar-refractivity contribution in [2.45, 2.75) is 6.04 Å². The van der Waals surface area contributed by atoms with Gasteiger partial charge in [0.15, 0.2) is 6.61 Å². The molecule has 25 heavy (non-hydrogen) atoms. The molecule has 0 spiro atoms. The van der Waals surface area contributed by atoms with Crippen LogP contribution in [0.25, 0.3) is 0 Å². The lowest BCUT2D eigenvalue weighted by Gasteiger charge is -2.18. The standard InChI is InChI=1S/C20H16N2O2S/c21-13-16-9-4-5-10-17(16)24-14-19(23)22-20(18-11-6-12-25-18)15-7-2-1-3-8-15/h1-12,20H,14H2,(H,22,23)/t20-/m0/s1. The van der Waals surface area contributed by atoms with Gasteiger partial charge in [-0.2, -0.15) is 5.26 Å². The summed E-state index contributed by atoms with van der Waals surface area (Å²) in [5.41, 5.74) is 1.42. The Kier molecular flexibility index (Phi) is 5.45. The van der Waals surface area contributed by atoms with Gasteiger partial charge in [-0.3, -0.25) is 4.79 Å². The molecule has 0 radical (unpaired) electrons. The molecule has 0 aliphatic heterocycles. The number of hydrogen-bond donors (Lipinski definition) is 1. The second-order valence-corrected chi connectivity index (χ2v) is 6.30. The maximum absolute atomic E-state index is 12.4. The number of nitrogens with one attached hydrogen (secondary N) is 1. The smallest absolute Gasteiger partial charge is 0.258 e. The van der Waals surface area contributed by atoms with Gasteiger partial charge in [-0.25, -0.2) is 0 Å². The summed E-state index contributed by atoms with van der Waals surface area (Å²) in [5.74, 6) is 0.169. The fraction of sp³-hybridized carbons (Fsp3) is 0.100. The van der Waals surface area contributed by atoms with Crippen LogP contribution in [0.15, 0.2) is 72.1 Å². The molecule has 1 aromatic heterocycles. The number of rotatable bonds is 6. The van der Waals surface area contributed by atoms with E-state index in [4.69, 9.17) is 10.00 Å². The first-order valence-electron chi connectivity index (χ1n) is 7.77. The predicted octanol–water partition coefficient (Wildman–Crippen LogP) is 3.90. The average molecular weight is 348 g/mol. The minimum Gasteiger partial charge on any atom is -0.482 e. The molecule has 0 aliphatic carbocycles. The van der Waals surface area contributed by atoms with Crippen LogP contribution in [-0.2, 0) is 4.79 Å². The van der Waals surface area contributed by atoms with Crippen LogP contribution in [0.1, 0.15) is 22.0 Å². The number of carbonyl (C=O) groups is 1. The third-order valence-electron chi connectivity index (χ3n) is 3.63. The molecule has 1 heterocycles. The summed E-state index contributed by atoms with van der Waals surface area (Å²) < 4.78 is 5.51. The van der Waals surface area contributed by atoms with Crippen LogP contribution in [0, 0.1) is 11.3 Å². The van der Waals surface area contributed by atoms with Crippen molar-refractivity contribution >= 4 is 17.2 Å². The Morgan fingerprint density at radius 1 is 1.08 bits per heavy atom. The van der Waals surface area contributed by atoms with Crippen molar-refractivity contribution in [3.05, 3.63) is 88.1 Å². The highest BCUT2D eigenvalue weighted by atomic mass is 32.1. The largest absolute Gasteiger partial charge is 0.482 e. The zero-order valence-corrected chi connectivity index (χ0v) is 14.2. The summed E-state index contributed by atoms with van der Waals surface area (Å²) >= 11 is 1.59. The van der Waals surface area contributed by atoms with Crippen molar-refractivity contribution in [1.29, 1.82) is 5.26 Å². The summed E-state index contributed by atoms with van der Waals surface area (Å²) in [7, 11) is 0. The van der Waals surface area contributed by atoms with E-state index < -0.39 is 0 Å². The van der Waals surface area contributed by atoms with Gasteiger partial charge in [0.25, 0.3) is 5.91 Å². The quantitative estimate of drug-likeness (QED) is 0.735. The number of thiophene rings is 1. The number of carbonyl (C=O) groups excluding carboxylic acids is 1. The molecule has 1 amide bonds. The summed E-state index contributed by atoms with van der Waals surface area (Å²) in [4.78, 5) is 13.4. The SMILES string of the molecule is N#Cc1ccccc1OCC(=O)N[C@@H](c1ccccc1)c1cccs1. The van der Waals surface area contributed by atoms with Crippen molar-refractivity contribution in [3.8, 4) is 11.8 Å². The van der Waals surface area contributed by atoms with Crippen molar-refractivity contribution in [2.75, 3.05) is 6.61 Å². The van der Waals surface area contributed by atoms with E-state index >= 15 is 0 Å². The lowest BCUT2D eigenvalue weighted by molar-refractivity contribution is -0.123. The number of benzene rings is 2. The first-order valence-corrected chi connectivity index (χ1v) is 8.65. The molecule has 4 nitrogen and oxygen atoms in total. The Morgan fingerprint density at radius 3 is 2.56 bits per heavy atom. The lowest BCUT2D eigenvalue weighted by atomic mass is 10.1. The Morgan fingerprint density at radius 2 is 1.84 bits per heavy atom. The highest BCUT2D eigenvalue weighted by Gasteiger charge is 2.18. The van der Waals surface area contributed by atoms with E-state index in [1.54, 1.807) is 35.6 Å². The van der Waals surface area contributed by atoms with Gasteiger partial charge in [0, 0.05) is 4.88 Å². The highest BCUT2D eigenvalue weighted by molar-refractivity contribution is 7.10. The lowest BCUT2D eigenvalue weighted by Crippen LogP contribution is -2.33. The minimum absolute atomic E-state index is 0.145. The van der Waals surface area contributed by atoms with Crippen LogP contribution >= 0.6 is 11.3 Å². The van der Waals surface area contributed by atoms with E-state index in [0.717, 1.165) is 10.4 Å². The van der Waals surface area contributed by atoms with Crippen LogP contribution in [0.5, 0.6) is 5.75 Å². The van der Waals surface area contributed by atoms with Crippen LogP contribution < -0.4 is 10.1 Å². The molecule has 0 saturated heterocycles. The predicted molar refractivity (Wildman–Crippen MR) is 97.4 cm³/mol. The summed E-state index contributed by atoms with van der Waals surface area (Å²) in [6.45, 7) is -0.145. The highest BCUT2D eigenvalue weighted by Crippen LogP contribution is 2.26. The van der Waals surface area contributed by atoms with Gasteiger partial charge in [-0.15, -0.1) is 11.3 Å². The van der Waals surface area contributed by atoms with E-state index in [2.05, 4.69) is 11.4 Å². The normalized spacial score (nSPS) is 11.3. The third kappa shape index (κ3) is 4.25. The van der Waals surface area contributed by atoms with Crippen LogP contribution in [0.2, 0.25) is 0 Å². The van der Waals surface area contributed by atoms with E-state index in [-0.39, 0.29) is 18.6 Å². The van der Waals surface area contributed by atoms with Gasteiger partial charge in [0.1, 0.15) is 11.8 Å². The first-order chi connectivity index (χ1) is 12.3. The molecular formula is C20H16N2O2S. The van der Waals surface area contributed by atoms with Gasteiger partial charge in [0.05, 0.1) is 11.6 Å². The number of nitriles is 1. The summed E-state index contributed by atoms with van der Waals surface area (Å²) in [5, 5.41) is 14.1. The zero-order chi connectivity index (χ0) is 17.5. The molecule has 3 aromatic rings. The number of ether oxygens (including phenoxy) is 1. The minimum atomic E-state index is -0.241. The molecule has 0 aliphatic rings. The van der Waals surface area contributed by atoms with Crippen LogP contribution in [-0.4, -0.2) is 12.5 Å². The van der Waals surface area contributed by atoms with Crippen molar-refractivity contribution in [2.24, 2.45) is 0 Å². The maximum Gasteiger partial charge on any atom is 0.258 e. The number of para-hydroxylation sites is 1. The van der Waals surface area contributed by atoms with Crippen molar-refractivity contribution in [1.82, 2.24) is 5.32 Å². The molecule has 2 aromatic carbocycles. The molecule has 124 valence electrons. The number of hydrogen-bond acceptors (Lipinski definition) is 4. The Hall–Kier alpha value is -3.10. The Balaban J connectivity index is 1.70. The summed E-state index contributed by atoms with van der Waals surface area (Å²) in [6, 6.07) is 22.5. The van der Waals surface area contributed by atoms with Crippen molar-refractivity contribution < 1.29 is 9.53 Å². The molecule has 0 bridgehead atoms. The molecule has 0 unspecified atom stereocenters. The molecule has 0 fully saturated rings. The maximum atomic E-state index is 12.4. The first kappa shape index (κ1) is 16.7. The fourth-order valence-electron chi connectivity index (χ4n) is 2.45. The van der Waals surface area contributed by atoms with Gasteiger partial charge in [0.2, 0.25) is 0 Å². The summed E-state index contributed by atoms with van der Waals surface area (Å²) in [6.07, 6.45) is 0. The molecule has 1 N–H and O–H groups in total.